The number of hydrogen-bond acceptors (Lipinski definition) is 3. The number of amides is 1. The van der Waals surface area contributed by atoms with Gasteiger partial charge >= 0.3 is 0 Å². The lowest BCUT2D eigenvalue weighted by atomic mass is 10.1. The zero-order valence-electron chi connectivity index (χ0n) is 9.03. The minimum Gasteiger partial charge on any atom is -0.409 e. The molecule has 0 heterocycles. The summed E-state index contributed by atoms with van der Waals surface area (Å²) in [5, 5.41) is 11.2. The van der Waals surface area contributed by atoms with Crippen molar-refractivity contribution in [2.24, 2.45) is 16.8 Å². The molecule has 82 valence electrons. The van der Waals surface area contributed by atoms with Crippen LogP contribution in [0.3, 0.4) is 0 Å². The van der Waals surface area contributed by atoms with Crippen molar-refractivity contribution in [1.29, 1.82) is 0 Å². The Morgan fingerprint density at radius 2 is 2.14 bits per heavy atom. The Morgan fingerprint density at radius 1 is 1.57 bits per heavy atom. The van der Waals surface area contributed by atoms with Crippen LogP contribution in [0.15, 0.2) is 5.16 Å². The largest absolute Gasteiger partial charge is 0.409 e. The van der Waals surface area contributed by atoms with E-state index in [1.54, 1.807) is 4.90 Å². The van der Waals surface area contributed by atoms with Crippen LogP contribution >= 0.6 is 0 Å². The molecule has 1 unspecified atom stereocenters. The molecule has 0 spiro atoms. The lowest BCUT2D eigenvalue weighted by Gasteiger charge is -2.23. The Labute approximate surface area is 84.6 Å². The topological polar surface area (TPSA) is 78.9 Å². The van der Waals surface area contributed by atoms with Gasteiger partial charge in [-0.15, -0.1) is 0 Å². The standard InChI is InChI=1S/C9H19N3O2/c1-4-7(3)9(13)12(5-2)6-8(10)11-14/h7,14H,4-6H2,1-3H3,(H2,10,11). The third-order valence-electron chi connectivity index (χ3n) is 2.21. The molecule has 5 heteroatoms. The zero-order chi connectivity index (χ0) is 11.1. The maximum Gasteiger partial charge on any atom is 0.225 e. The Bertz CT molecular complexity index is 216. The number of hydrogen-bond donors (Lipinski definition) is 2. The number of oxime groups is 1. The summed E-state index contributed by atoms with van der Waals surface area (Å²) >= 11 is 0. The van der Waals surface area contributed by atoms with Gasteiger partial charge in [-0.3, -0.25) is 4.79 Å². The first-order chi connectivity index (χ1) is 6.56. The second-order valence-electron chi connectivity index (χ2n) is 3.25. The van der Waals surface area contributed by atoms with Crippen molar-refractivity contribution < 1.29 is 10.0 Å². The highest BCUT2D eigenvalue weighted by atomic mass is 16.4. The summed E-state index contributed by atoms with van der Waals surface area (Å²) in [6, 6.07) is 0. The second kappa shape index (κ2) is 6.23. The highest BCUT2D eigenvalue weighted by molar-refractivity contribution is 5.87. The van der Waals surface area contributed by atoms with Crippen molar-refractivity contribution in [2.75, 3.05) is 13.1 Å². The van der Waals surface area contributed by atoms with Crippen LogP contribution in [0.5, 0.6) is 0 Å². The molecule has 3 N–H and O–H groups in total. The maximum atomic E-state index is 11.7. The van der Waals surface area contributed by atoms with Crippen molar-refractivity contribution in [3.63, 3.8) is 0 Å². The number of carbonyl (C=O) groups is 1. The van der Waals surface area contributed by atoms with Crippen LogP contribution in [0.2, 0.25) is 0 Å². The number of nitrogens with two attached hydrogens (primary N) is 1. The van der Waals surface area contributed by atoms with Crippen LogP contribution in [0, 0.1) is 5.92 Å². The molecule has 0 aromatic heterocycles. The molecule has 1 amide bonds. The van der Waals surface area contributed by atoms with Crippen LogP contribution in [-0.2, 0) is 4.79 Å². The van der Waals surface area contributed by atoms with Gasteiger partial charge in [-0.1, -0.05) is 19.0 Å². The van der Waals surface area contributed by atoms with Crippen molar-refractivity contribution in [3.8, 4) is 0 Å². The van der Waals surface area contributed by atoms with E-state index in [9.17, 15) is 4.79 Å². The maximum absolute atomic E-state index is 11.7. The van der Waals surface area contributed by atoms with E-state index in [0.717, 1.165) is 6.42 Å². The van der Waals surface area contributed by atoms with Crippen molar-refractivity contribution in [1.82, 2.24) is 4.90 Å². The zero-order valence-corrected chi connectivity index (χ0v) is 9.03. The second-order valence-corrected chi connectivity index (χ2v) is 3.25. The van der Waals surface area contributed by atoms with Crippen LogP contribution in [0.1, 0.15) is 27.2 Å². The molecule has 0 aliphatic carbocycles. The van der Waals surface area contributed by atoms with E-state index in [0.29, 0.717) is 6.54 Å². The molecule has 0 aromatic carbocycles. The molecule has 0 radical (unpaired) electrons. The summed E-state index contributed by atoms with van der Waals surface area (Å²) < 4.78 is 0. The van der Waals surface area contributed by atoms with Gasteiger partial charge in [0, 0.05) is 12.5 Å². The smallest absolute Gasteiger partial charge is 0.225 e. The fourth-order valence-electron chi connectivity index (χ4n) is 1.06. The summed E-state index contributed by atoms with van der Waals surface area (Å²) in [5.74, 6) is 0.0894. The van der Waals surface area contributed by atoms with E-state index in [1.807, 2.05) is 20.8 Å². The SMILES string of the molecule is CCC(C)C(=O)N(CC)CC(N)=NO. The predicted molar refractivity (Wildman–Crippen MR) is 55.1 cm³/mol. The minimum absolute atomic E-state index is 0.0126. The summed E-state index contributed by atoms with van der Waals surface area (Å²) in [7, 11) is 0. The molecule has 0 fully saturated rings. The van der Waals surface area contributed by atoms with E-state index in [2.05, 4.69) is 5.16 Å². The average Bonchev–Trinajstić information content (AvgIpc) is 2.23. The predicted octanol–water partition coefficient (Wildman–Crippen LogP) is 0.627. The number of amidine groups is 1. The molecule has 0 aliphatic heterocycles. The van der Waals surface area contributed by atoms with Gasteiger partial charge < -0.3 is 15.8 Å². The summed E-state index contributed by atoms with van der Waals surface area (Å²) in [4.78, 5) is 13.3. The van der Waals surface area contributed by atoms with E-state index >= 15 is 0 Å². The van der Waals surface area contributed by atoms with Crippen molar-refractivity contribution >= 4 is 11.7 Å². The van der Waals surface area contributed by atoms with Gasteiger partial charge in [0.1, 0.15) is 0 Å². The van der Waals surface area contributed by atoms with E-state index in [4.69, 9.17) is 10.9 Å². The first kappa shape index (κ1) is 12.7. The highest BCUT2D eigenvalue weighted by Gasteiger charge is 2.18. The summed E-state index contributed by atoms with van der Waals surface area (Å²) in [6.07, 6.45) is 0.797. The molecule has 14 heavy (non-hydrogen) atoms. The minimum atomic E-state index is -0.0126. The van der Waals surface area contributed by atoms with Crippen LogP contribution in [-0.4, -0.2) is 34.9 Å². The van der Waals surface area contributed by atoms with Gasteiger partial charge in [0.25, 0.3) is 0 Å². The normalized spacial score (nSPS) is 13.8. The molecule has 0 aromatic rings. The first-order valence-corrected chi connectivity index (χ1v) is 4.81. The van der Waals surface area contributed by atoms with Crippen molar-refractivity contribution in [3.05, 3.63) is 0 Å². The summed E-state index contributed by atoms with van der Waals surface area (Å²) in [5.41, 5.74) is 5.33. The van der Waals surface area contributed by atoms with Gasteiger partial charge in [-0.25, -0.2) is 0 Å². The lowest BCUT2D eigenvalue weighted by molar-refractivity contribution is -0.134. The third kappa shape index (κ3) is 3.64. The lowest BCUT2D eigenvalue weighted by Crippen LogP contribution is -2.40. The molecule has 0 saturated heterocycles. The van der Waals surface area contributed by atoms with Gasteiger partial charge in [0.2, 0.25) is 5.91 Å². The van der Waals surface area contributed by atoms with E-state index in [-0.39, 0.29) is 24.2 Å². The van der Waals surface area contributed by atoms with E-state index < -0.39 is 0 Å². The van der Waals surface area contributed by atoms with Crippen LogP contribution < -0.4 is 5.73 Å². The van der Waals surface area contributed by atoms with E-state index in [1.165, 1.54) is 0 Å². The monoisotopic (exact) mass is 201 g/mol. The molecule has 0 saturated carbocycles. The third-order valence-corrected chi connectivity index (χ3v) is 2.21. The van der Waals surface area contributed by atoms with Crippen molar-refractivity contribution in [2.45, 2.75) is 27.2 Å². The number of rotatable bonds is 5. The Morgan fingerprint density at radius 3 is 2.50 bits per heavy atom. The Hall–Kier alpha value is -1.26. The van der Waals surface area contributed by atoms with Gasteiger partial charge in [0.15, 0.2) is 5.84 Å². The van der Waals surface area contributed by atoms with Gasteiger partial charge in [-0.05, 0) is 13.3 Å². The molecule has 0 aliphatic rings. The molecule has 0 rings (SSSR count). The number of likely N-dealkylation sites (N-methyl/N-ethyl adjacent to an activating group) is 1. The molecule has 5 nitrogen and oxygen atoms in total. The molecule has 1 atom stereocenters. The van der Waals surface area contributed by atoms with Gasteiger partial charge in [-0.2, -0.15) is 0 Å². The Balaban J connectivity index is 4.33. The fourth-order valence-corrected chi connectivity index (χ4v) is 1.06. The van der Waals surface area contributed by atoms with Crippen LogP contribution in [0.4, 0.5) is 0 Å². The summed E-state index contributed by atoms with van der Waals surface area (Å²) in [6.45, 7) is 6.46. The molecular formula is C9H19N3O2. The van der Waals surface area contributed by atoms with Crippen LogP contribution in [0.25, 0.3) is 0 Å². The number of carbonyl (C=O) groups excluding carboxylic acids is 1. The quantitative estimate of drug-likeness (QED) is 0.296. The average molecular weight is 201 g/mol. The Kier molecular flexibility index (Phi) is 5.67. The first-order valence-electron chi connectivity index (χ1n) is 4.81. The van der Waals surface area contributed by atoms with Gasteiger partial charge in [0.05, 0.1) is 6.54 Å². The molecule has 0 bridgehead atoms. The molecular weight excluding hydrogens is 182 g/mol. The fraction of sp³-hybridized carbons (Fsp3) is 0.778. The highest BCUT2D eigenvalue weighted by Crippen LogP contribution is 2.06. The number of nitrogens with zero attached hydrogens (tertiary/aromatic N) is 2.